The standard InChI is InChI=1S/C21H21ClF3N3O/c1-13(29)26-17-6-7-18-16(17)5-8-19(27-18)28-10-9-20(12-28,21(23,24)25)14-3-2-4-15(22)11-14/h2-5,8,11,17H,6-7,9-10,12H2,1H3,(H,26,29). The first-order chi connectivity index (χ1) is 13.7. The third-order valence-corrected chi connectivity index (χ3v) is 6.17. The van der Waals surface area contributed by atoms with Crippen LogP contribution in [0.25, 0.3) is 0 Å². The maximum Gasteiger partial charge on any atom is 0.400 e. The average Bonchev–Trinajstić information content (AvgIpc) is 3.26. The van der Waals surface area contributed by atoms with Crippen molar-refractivity contribution in [3.63, 3.8) is 0 Å². The minimum absolute atomic E-state index is 0.0515. The number of carbonyl (C=O) groups excluding carboxylic acids is 1. The van der Waals surface area contributed by atoms with Crippen molar-refractivity contribution < 1.29 is 18.0 Å². The number of anilines is 1. The SMILES string of the molecule is CC(=O)NC1CCc2nc(N3CCC(c4cccc(Cl)c4)(C(F)(F)F)C3)ccc21. The summed E-state index contributed by atoms with van der Waals surface area (Å²) in [5, 5.41) is 3.19. The molecular weight excluding hydrogens is 403 g/mol. The number of alkyl halides is 3. The van der Waals surface area contributed by atoms with Crippen LogP contribution in [-0.2, 0) is 16.6 Å². The van der Waals surface area contributed by atoms with Gasteiger partial charge in [0, 0.05) is 30.7 Å². The normalized spacial score (nSPS) is 23.9. The second-order valence-electron chi connectivity index (χ2n) is 7.76. The summed E-state index contributed by atoms with van der Waals surface area (Å²) in [5.74, 6) is 0.434. The number of pyridine rings is 1. The van der Waals surface area contributed by atoms with Gasteiger partial charge in [-0.1, -0.05) is 29.8 Å². The Kier molecular flexibility index (Phi) is 4.97. The molecule has 1 N–H and O–H groups in total. The molecule has 2 heterocycles. The van der Waals surface area contributed by atoms with Crippen molar-refractivity contribution in [2.75, 3.05) is 18.0 Å². The van der Waals surface area contributed by atoms with Crippen molar-refractivity contribution in [3.05, 3.63) is 58.2 Å². The van der Waals surface area contributed by atoms with E-state index >= 15 is 0 Å². The van der Waals surface area contributed by atoms with Crippen LogP contribution in [0.5, 0.6) is 0 Å². The first kappa shape index (κ1) is 20.0. The Morgan fingerprint density at radius 3 is 2.79 bits per heavy atom. The van der Waals surface area contributed by atoms with E-state index in [4.69, 9.17) is 11.6 Å². The fourth-order valence-corrected chi connectivity index (χ4v) is 4.64. The highest BCUT2D eigenvalue weighted by Crippen LogP contribution is 2.49. The van der Waals surface area contributed by atoms with Crippen molar-refractivity contribution in [2.24, 2.45) is 0 Å². The second kappa shape index (κ2) is 7.20. The van der Waals surface area contributed by atoms with Gasteiger partial charge in [0.15, 0.2) is 0 Å². The maximum atomic E-state index is 14.2. The topological polar surface area (TPSA) is 45.2 Å². The Morgan fingerprint density at radius 1 is 1.31 bits per heavy atom. The first-order valence-electron chi connectivity index (χ1n) is 9.54. The molecule has 154 valence electrons. The lowest BCUT2D eigenvalue weighted by Crippen LogP contribution is -2.45. The number of amides is 1. The van der Waals surface area contributed by atoms with E-state index in [2.05, 4.69) is 10.3 Å². The average molecular weight is 424 g/mol. The van der Waals surface area contributed by atoms with Gasteiger partial charge in [-0.05, 0) is 48.6 Å². The predicted octanol–water partition coefficient (Wildman–Crippen LogP) is 4.57. The fourth-order valence-electron chi connectivity index (χ4n) is 4.45. The maximum absolute atomic E-state index is 14.2. The van der Waals surface area contributed by atoms with E-state index in [9.17, 15) is 18.0 Å². The summed E-state index contributed by atoms with van der Waals surface area (Å²) in [6, 6.07) is 9.59. The molecule has 0 radical (unpaired) electrons. The Labute approximate surface area is 172 Å². The zero-order valence-electron chi connectivity index (χ0n) is 15.9. The molecule has 4 rings (SSSR count). The number of carbonyl (C=O) groups is 1. The van der Waals surface area contributed by atoms with Gasteiger partial charge < -0.3 is 10.2 Å². The molecule has 8 heteroatoms. The summed E-state index contributed by atoms with van der Waals surface area (Å²) >= 11 is 5.98. The smallest absolute Gasteiger partial charge is 0.355 e. The van der Waals surface area contributed by atoms with E-state index in [1.807, 2.05) is 6.07 Å². The number of halogens is 4. The third kappa shape index (κ3) is 3.56. The van der Waals surface area contributed by atoms with Gasteiger partial charge >= 0.3 is 6.18 Å². The fraction of sp³-hybridized carbons (Fsp3) is 0.429. The first-order valence-corrected chi connectivity index (χ1v) is 9.92. The van der Waals surface area contributed by atoms with Gasteiger partial charge in [-0.15, -0.1) is 0 Å². The van der Waals surface area contributed by atoms with Crippen LogP contribution in [0.3, 0.4) is 0 Å². The summed E-state index contributed by atoms with van der Waals surface area (Å²) in [7, 11) is 0. The molecule has 1 amide bonds. The molecule has 1 aromatic heterocycles. The van der Waals surface area contributed by atoms with Crippen molar-refractivity contribution in [3.8, 4) is 0 Å². The second-order valence-corrected chi connectivity index (χ2v) is 8.20. The van der Waals surface area contributed by atoms with Crippen LogP contribution in [0.4, 0.5) is 19.0 Å². The Balaban J connectivity index is 1.63. The van der Waals surface area contributed by atoms with E-state index in [1.54, 1.807) is 23.1 Å². The largest absolute Gasteiger partial charge is 0.400 e. The van der Waals surface area contributed by atoms with Crippen LogP contribution in [0.15, 0.2) is 36.4 Å². The molecular formula is C21H21ClF3N3O. The van der Waals surface area contributed by atoms with Crippen LogP contribution >= 0.6 is 11.6 Å². The number of nitrogens with one attached hydrogen (secondary N) is 1. The van der Waals surface area contributed by atoms with Gasteiger partial charge in [-0.2, -0.15) is 13.2 Å². The van der Waals surface area contributed by atoms with Crippen LogP contribution < -0.4 is 10.2 Å². The van der Waals surface area contributed by atoms with Gasteiger partial charge in [0.2, 0.25) is 5.91 Å². The molecule has 1 aliphatic heterocycles. The van der Waals surface area contributed by atoms with Crippen molar-refractivity contribution in [1.82, 2.24) is 10.3 Å². The number of rotatable bonds is 3. The lowest BCUT2D eigenvalue weighted by atomic mass is 9.79. The van der Waals surface area contributed by atoms with E-state index in [-0.39, 0.29) is 37.0 Å². The van der Waals surface area contributed by atoms with Crippen molar-refractivity contribution >= 4 is 23.3 Å². The molecule has 29 heavy (non-hydrogen) atoms. The zero-order chi connectivity index (χ0) is 20.8. The highest BCUT2D eigenvalue weighted by atomic mass is 35.5. The summed E-state index contributed by atoms with van der Waals surface area (Å²) < 4.78 is 42.6. The molecule has 1 saturated heterocycles. The molecule has 0 spiro atoms. The van der Waals surface area contributed by atoms with Crippen molar-refractivity contribution in [2.45, 2.75) is 43.8 Å². The molecule has 2 atom stereocenters. The Hall–Kier alpha value is -2.28. The Bertz CT molecular complexity index is 949. The highest BCUT2D eigenvalue weighted by molar-refractivity contribution is 6.30. The van der Waals surface area contributed by atoms with Gasteiger partial charge in [-0.25, -0.2) is 4.98 Å². The molecule has 4 nitrogen and oxygen atoms in total. The number of hydrogen-bond acceptors (Lipinski definition) is 3. The van der Waals surface area contributed by atoms with Crippen LogP contribution in [0, 0.1) is 0 Å². The van der Waals surface area contributed by atoms with Crippen LogP contribution in [0.1, 0.15) is 42.6 Å². The van der Waals surface area contributed by atoms with Gasteiger partial charge in [-0.3, -0.25) is 4.79 Å². The predicted molar refractivity (Wildman–Crippen MR) is 105 cm³/mol. The molecule has 2 unspecified atom stereocenters. The zero-order valence-corrected chi connectivity index (χ0v) is 16.6. The molecule has 2 aliphatic rings. The summed E-state index contributed by atoms with van der Waals surface area (Å²) in [6.07, 6.45) is -3.01. The van der Waals surface area contributed by atoms with Gasteiger partial charge in [0.05, 0.1) is 6.04 Å². The van der Waals surface area contributed by atoms with Crippen molar-refractivity contribution in [1.29, 1.82) is 0 Å². The lowest BCUT2D eigenvalue weighted by molar-refractivity contribution is -0.184. The van der Waals surface area contributed by atoms with Crippen LogP contribution in [-0.4, -0.2) is 30.2 Å². The summed E-state index contributed by atoms with van der Waals surface area (Å²) in [6.45, 7) is 1.53. The number of aromatic nitrogens is 1. The number of hydrogen-bond donors (Lipinski definition) is 1. The molecule has 1 aromatic carbocycles. The van der Waals surface area contributed by atoms with E-state index in [1.165, 1.54) is 19.1 Å². The minimum atomic E-state index is -4.40. The van der Waals surface area contributed by atoms with E-state index in [0.29, 0.717) is 17.3 Å². The van der Waals surface area contributed by atoms with Crippen LogP contribution in [0.2, 0.25) is 5.02 Å². The monoisotopic (exact) mass is 423 g/mol. The van der Waals surface area contributed by atoms with E-state index in [0.717, 1.165) is 17.7 Å². The number of nitrogens with zero attached hydrogens (tertiary/aromatic N) is 2. The van der Waals surface area contributed by atoms with Gasteiger partial charge in [0.25, 0.3) is 0 Å². The molecule has 1 fully saturated rings. The molecule has 0 bridgehead atoms. The molecule has 2 aromatic rings. The highest BCUT2D eigenvalue weighted by Gasteiger charge is 2.59. The molecule has 1 aliphatic carbocycles. The molecule has 0 saturated carbocycles. The summed E-state index contributed by atoms with van der Waals surface area (Å²) in [5.41, 5.74) is -0.00223. The number of benzene rings is 1. The van der Waals surface area contributed by atoms with E-state index < -0.39 is 11.6 Å². The third-order valence-electron chi connectivity index (χ3n) is 5.93. The summed E-state index contributed by atoms with van der Waals surface area (Å²) in [4.78, 5) is 17.7. The Morgan fingerprint density at radius 2 is 2.10 bits per heavy atom. The van der Waals surface area contributed by atoms with Gasteiger partial charge in [0.1, 0.15) is 11.2 Å². The quantitative estimate of drug-likeness (QED) is 0.786. The minimum Gasteiger partial charge on any atom is -0.355 e. The number of fused-ring (bicyclic) bond motifs is 1. The number of aryl methyl sites for hydroxylation is 1. The lowest BCUT2D eigenvalue weighted by Gasteiger charge is -2.32.